The van der Waals surface area contributed by atoms with Crippen LogP contribution in [0.25, 0.3) is 11.0 Å². The summed E-state index contributed by atoms with van der Waals surface area (Å²) < 4.78 is 9.56. The van der Waals surface area contributed by atoms with Gasteiger partial charge in [0, 0.05) is 17.6 Å². The lowest BCUT2D eigenvalue weighted by Gasteiger charge is -2.08. The highest BCUT2D eigenvalue weighted by Crippen LogP contribution is 2.19. The highest BCUT2D eigenvalue weighted by Gasteiger charge is 2.04. The quantitative estimate of drug-likeness (QED) is 0.617. The summed E-state index contributed by atoms with van der Waals surface area (Å²) in [6.07, 6.45) is 1.10. The first kappa shape index (κ1) is 14.8. The van der Waals surface area contributed by atoms with Crippen molar-refractivity contribution in [2.24, 2.45) is 5.92 Å². The summed E-state index contributed by atoms with van der Waals surface area (Å²) in [5, 5.41) is 0. The molecule has 2 aromatic rings. The Morgan fingerprint density at radius 3 is 2.89 bits per heavy atom. The number of fused-ring (bicyclic) bond motifs is 1. The maximum Gasteiger partial charge on any atom is 0.178 e. The predicted octanol–water partition coefficient (Wildman–Crippen LogP) is 4.52. The zero-order valence-electron chi connectivity index (χ0n) is 11.3. The number of aromatic nitrogens is 2. The van der Waals surface area contributed by atoms with Crippen molar-refractivity contribution >= 4 is 39.2 Å². The zero-order valence-corrected chi connectivity index (χ0v) is 13.7. The number of ether oxygens (including phenoxy) is 1. The molecule has 5 heteroatoms. The van der Waals surface area contributed by atoms with Gasteiger partial charge in [0.25, 0.3) is 0 Å². The summed E-state index contributed by atoms with van der Waals surface area (Å²) in [4.78, 5) is 3.21. The summed E-state index contributed by atoms with van der Waals surface area (Å²) in [6, 6.07) is 6.12. The number of rotatable bonds is 6. The lowest BCUT2D eigenvalue weighted by Crippen LogP contribution is -2.08. The molecule has 0 amide bonds. The SMILES string of the molecule is CC(C)CCOCCn1c(=S)[nH]c2ccc(Br)cc21. The van der Waals surface area contributed by atoms with Crippen LogP contribution in [-0.4, -0.2) is 22.8 Å². The van der Waals surface area contributed by atoms with Crippen molar-refractivity contribution in [2.75, 3.05) is 13.2 Å². The fourth-order valence-electron chi connectivity index (χ4n) is 1.92. The third kappa shape index (κ3) is 3.91. The smallest absolute Gasteiger partial charge is 0.178 e. The molecular weight excluding hydrogens is 324 g/mol. The van der Waals surface area contributed by atoms with E-state index >= 15 is 0 Å². The molecular formula is C14H19BrN2OS. The molecule has 19 heavy (non-hydrogen) atoms. The molecule has 1 N–H and O–H groups in total. The third-order valence-corrected chi connectivity index (χ3v) is 3.85. The molecule has 0 aliphatic heterocycles. The second kappa shape index (κ2) is 6.68. The minimum Gasteiger partial charge on any atom is -0.380 e. The number of imidazole rings is 1. The van der Waals surface area contributed by atoms with Gasteiger partial charge in [-0.2, -0.15) is 0 Å². The Labute approximate surface area is 127 Å². The first-order valence-electron chi connectivity index (χ1n) is 6.53. The van der Waals surface area contributed by atoms with Crippen LogP contribution in [0.1, 0.15) is 20.3 Å². The third-order valence-electron chi connectivity index (χ3n) is 3.04. The normalized spacial score (nSPS) is 11.6. The van der Waals surface area contributed by atoms with E-state index in [4.69, 9.17) is 17.0 Å². The van der Waals surface area contributed by atoms with Crippen molar-refractivity contribution in [3.8, 4) is 0 Å². The second-order valence-corrected chi connectivity index (χ2v) is 6.34. The number of nitrogens with one attached hydrogen (secondary N) is 1. The van der Waals surface area contributed by atoms with E-state index in [-0.39, 0.29) is 0 Å². The molecule has 0 saturated heterocycles. The van der Waals surface area contributed by atoms with E-state index in [1.165, 1.54) is 0 Å². The van der Waals surface area contributed by atoms with Gasteiger partial charge in [-0.1, -0.05) is 29.8 Å². The molecule has 0 aliphatic carbocycles. The van der Waals surface area contributed by atoms with Crippen molar-refractivity contribution < 1.29 is 4.74 Å². The Balaban J connectivity index is 2.02. The van der Waals surface area contributed by atoms with Gasteiger partial charge in [0.2, 0.25) is 0 Å². The van der Waals surface area contributed by atoms with Crippen molar-refractivity contribution in [3.05, 3.63) is 27.4 Å². The summed E-state index contributed by atoms with van der Waals surface area (Å²) in [7, 11) is 0. The van der Waals surface area contributed by atoms with E-state index in [0.29, 0.717) is 12.5 Å². The molecule has 2 rings (SSSR count). The van der Waals surface area contributed by atoms with Crippen LogP contribution >= 0.6 is 28.1 Å². The highest BCUT2D eigenvalue weighted by molar-refractivity contribution is 9.10. The van der Waals surface area contributed by atoms with Gasteiger partial charge in [-0.25, -0.2) is 0 Å². The van der Waals surface area contributed by atoms with Gasteiger partial charge < -0.3 is 14.3 Å². The topological polar surface area (TPSA) is 29.9 Å². The maximum absolute atomic E-state index is 5.66. The molecule has 1 aromatic heterocycles. The minimum atomic E-state index is 0.686. The average Bonchev–Trinajstić information content (AvgIpc) is 2.65. The van der Waals surface area contributed by atoms with Crippen LogP contribution in [0.15, 0.2) is 22.7 Å². The van der Waals surface area contributed by atoms with Crippen molar-refractivity contribution in [3.63, 3.8) is 0 Å². The number of hydrogen-bond acceptors (Lipinski definition) is 2. The van der Waals surface area contributed by atoms with Crippen LogP contribution in [0, 0.1) is 10.7 Å². The van der Waals surface area contributed by atoms with Gasteiger partial charge in [0.05, 0.1) is 17.6 Å². The van der Waals surface area contributed by atoms with E-state index in [0.717, 1.165) is 39.8 Å². The van der Waals surface area contributed by atoms with Crippen LogP contribution in [0.5, 0.6) is 0 Å². The summed E-state index contributed by atoms with van der Waals surface area (Å²) >= 11 is 8.84. The van der Waals surface area contributed by atoms with Gasteiger partial charge in [0.1, 0.15) is 0 Å². The number of hydrogen-bond donors (Lipinski definition) is 1. The lowest BCUT2D eigenvalue weighted by atomic mass is 10.1. The monoisotopic (exact) mass is 342 g/mol. The molecule has 1 heterocycles. The van der Waals surface area contributed by atoms with Gasteiger partial charge in [0.15, 0.2) is 4.77 Å². The summed E-state index contributed by atoms with van der Waals surface area (Å²) in [5.41, 5.74) is 2.18. The number of halogens is 1. The molecule has 0 aliphatic rings. The Morgan fingerprint density at radius 1 is 1.37 bits per heavy atom. The largest absolute Gasteiger partial charge is 0.380 e. The molecule has 1 aromatic carbocycles. The van der Waals surface area contributed by atoms with Crippen molar-refractivity contribution in [2.45, 2.75) is 26.8 Å². The molecule has 0 bridgehead atoms. The Kier molecular flexibility index (Phi) is 5.19. The van der Waals surface area contributed by atoms with E-state index in [1.54, 1.807) is 0 Å². The molecule has 0 atom stereocenters. The maximum atomic E-state index is 5.66. The Hall–Kier alpha value is -0.650. The Morgan fingerprint density at radius 2 is 2.16 bits per heavy atom. The van der Waals surface area contributed by atoms with Crippen LogP contribution in [0.4, 0.5) is 0 Å². The molecule has 3 nitrogen and oxygen atoms in total. The molecule has 0 saturated carbocycles. The van der Waals surface area contributed by atoms with E-state index in [9.17, 15) is 0 Å². The second-order valence-electron chi connectivity index (χ2n) is 5.04. The van der Waals surface area contributed by atoms with Gasteiger partial charge in [-0.3, -0.25) is 0 Å². The Bertz CT molecular complexity index is 603. The number of H-pyrrole nitrogens is 1. The number of benzene rings is 1. The standard InChI is InChI=1S/C14H19BrN2OS/c1-10(2)5-7-18-8-6-17-13-9-11(15)3-4-12(13)16-14(17)19/h3-4,9-10H,5-8H2,1-2H3,(H,16,19). The molecule has 104 valence electrons. The number of aromatic amines is 1. The van der Waals surface area contributed by atoms with Gasteiger partial charge in [-0.15, -0.1) is 0 Å². The summed E-state index contributed by atoms with van der Waals surface area (Å²) in [5.74, 6) is 0.686. The van der Waals surface area contributed by atoms with Gasteiger partial charge >= 0.3 is 0 Å². The van der Waals surface area contributed by atoms with Crippen molar-refractivity contribution in [1.82, 2.24) is 9.55 Å². The first-order chi connectivity index (χ1) is 9.08. The average molecular weight is 343 g/mol. The summed E-state index contributed by atoms with van der Waals surface area (Å²) in [6.45, 7) is 6.71. The molecule has 0 unspecified atom stereocenters. The van der Waals surface area contributed by atoms with Crippen LogP contribution in [0.2, 0.25) is 0 Å². The zero-order chi connectivity index (χ0) is 13.8. The van der Waals surface area contributed by atoms with Gasteiger partial charge in [-0.05, 0) is 42.8 Å². The van der Waals surface area contributed by atoms with E-state index in [2.05, 4.69) is 45.4 Å². The molecule has 0 fully saturated rings. The first-order valence-corrected chi connectivity index (χ1v) is 7.74. The van der Waals surface area contributed by atoms with E-state index in [1.807, 2.05) is 12.1 Å². The van der Waals surface area contributed by atoms with Crippen LogP contribution in [-0.2, 0) is 11.3 Å². The van der Waals surface area contributed by atoms with Crippen molar-refractivity contribution in [1.29, 1.82) is 0 Å². The predicted molar refractivity (Wildman–Crippen MR) is 85.1 cm³/mol. The highest BCUT2D eigenvalue weighted by atomic mass is 79.9. The fourth-order valence-corrected chi connectivity index (χ4v) is 2.57. The fraction of sp³-hybridized carbons (Fsp3) is 0.500. The van der Waals surface area contributed by atoms with Crippen LogP contribution in [0.3, 0.4) is 0 Å². The minimum absolute atomic E-state index is 0.686. The van der Waals surface area contributed by atoms with E-state index < -0.39 is 0 Å². The van der Waals surface area contributed by atoms with Crippen LogP contribution < -0.4 is 0 Å². The molecule has 0 radical (unpaired) electrons. The lowest BCUT2D eigenvalue weighted by molar-refractivity contribution is 0.116. The molecule has 0 spiro atoms. The number of nitrogens with zero attached hydrogens (tertiary/aromatic N) is 1.